The van der Waals surface area contributed by atoms with Crippen molar-refractivity contribution in [3.8, 4) is 11.5 Å². The number of anilines is 1. The average molecular weight is 289 g/mol. The van der Waals surface area contributed by atoms with E-state index < -0.39 is 0 Å². The van der Waals surface area contributed by atoms with Gasteiger partial charge in [-0.2, -0.15) is 0 Å². The van der Waals surface area contributed by atoms with E-state index in [-0.39, 0.29) is 0 Å². The number of hydrogen-bond donors (Lipinski definition) is 1. The minimum absolute atomic E-state index is 0.393. The molecule has 0 aliphatic rings. The molecular formula is C12H8Cl3NO. The molecule has 88 valence electrons. The lowest BCUT2D eigenvalue weighted by atomic mass is 10.3. The van der Waals surface area contributed by atoms with Crippen LogP contribution in [-0.2, 0) is 0 Å². The summed E-state index contributed by atoms with van der Waals surface area (Å²) in [5.41, 5.74) is 6.20. The zero-order chi connectivity index (χ0) is 12.4. The Morgan fingerprint density at radius 2 is 1.47 bits per heavy atom. The first-order valence-electron chi connectivity index (χ1n) is 4.74. The van der Waals surface area contributed by atoms with Crippen LogP contribution in [0.25, 0.3) is 0 Å². The molecule has 0 saturated heterocycles. The van der Waals surface area contributed by atoms with Crippen LogP contribution in [0.4, 0.5) is 5.69 Å². The summed E-state index contributed by atoms with van der Waals surface area (Å²) in [6.07, 6.45) is 0. The van der Waals surface area contributed by atoms with Crippen molar-refractivity contribution < 1.29 is 4.74 Å². The fourth-order valence-electron chi connectivity index (χ4n) is 1.26. The van der Waals surface area contributed by atoms with Gasteiger partial charge in [0, 0.05) is 11.1 Å². The monoisotopic (exact) mass is 287 g/mol. The van der Waals surface area contributed by atoms with Crippen molar-refractivity contribution in [3.63, 3.8) is 0 Å². The lowest BCUT2D eigenvalue weighted by molar-refractivity contribution is 0.485. The number of nitrogen functional groups attached to an aromatic ring is 1. The maximum atomic E-state index is 5.89. The van der Waals surface area contributed by atoms with Crippen LogP contribution in [0, 0.1) is 0 Å². The fraction of sp³-hybridized carbons (Fsp3) is 0. The molecule has 0 amide bonds. The van der Waals surface area contributed by atoms with Gasteiger partial charge in [0.2, 0.25) is 0 Å². The van der Waals surface area contributed by atoms with E-state index in [9.17, 15) is 0 Å². The largest absolute Gasteiger partial charge is 0.455 e. The Labute approximate surface area is 114 Å². The number of rotatable bonds is 2. The van der Waals surface area contributed by atoms with Crippen LogP contribution in [0.2, 0.25) is 15.1 Å². The second-order valence-corrected chi connectivity index (χ2v) is 4.61. The molecule has 0 aromatic heterocycles. The van der Waals surface area contributed by atoms with E-state index in [1.54, 1.807) is 36.4 Å². The summed E-state index contributed by atoms with van der Waals surface area (Å²) in [5.74, 6) is 1.08. The highest BCUT2D eigenvalue weighted by Gasteiger charge is 2.07. The Hall–Kier alpha value is -1.09. The Kier molecular flexibility index (Phi) is 3.67. The van der Waals surface area contributed by atoms with Crippen molar-refractivity contribution in [1.29, 1.82) is 0 Å². The van der Waals surface area contributed by atoms with Crippen LogP contribution >= 0.6 is 34.8 Å². The van der Waals surface area contributed by atoms with Crippen molar-refractivity contribution in [2.75, 3.05) is 5.73 Å². The topological polar surface area (TPSA) is 35.2 Å². The second-order valence-electron chi connectivity index (χ2n) is 3.36. The first kappa shape index (κ1) is 12.4. The molecule has 2 aromatic carbocycles. The molecule has 0 aliphatic heterocycles. The Balaban J connectivity index is 2.30. The summed E-state index contributed by atoms with van der Waals surface area (Å²) in [6, 6.07) is 10.1. The van der Waals surface area contributed by atoms with Crippen LogP contribution in [0.1, 0.15) is 0 Å². The summed E-state index contributed by atoms with van der Waals surface area (Å²) < 4.78 is 5.57. The highest BCUT2D eigenvalue weighted by atomic mass is 35.5. The van der Waals surface area contributed by atoms with E-state index in [0.717, 1.165) is 0 Å². The van der Waals surface area contributed by atoms with Gasteiger partial charge in [0.25, 0.3) is 0 Å². The van der Waals surface area contributed by atoms with Crippen molar-refractivity contribution >= 4 is 40.5 Å². The summed E-state index contributed by atoms with van der Waals surface area (Å²) >= 11 is 17.5. The molecule has 0 heterocycles. The van der Waals surface area contributed by atoms with Gasteiger partial charge in [-0.25, -0.2) is 0 Å². The summed E-state index contributed by atoms with van der Waals surface area (Å²) in [7, 11) is 0. The molecule has 0 unspecified atom stereocenters. The van der Waals surface area contributed by atoms with Gasteiger partial charge in [0.1, 0.15) is 5.75 Å². The van der Waals surface area contributed by atoms with Gasteiger partial charge in [0.15, 0.2) is 5.75 Å². The van der Waals surface area contributed by atoms with E-state index in [0.29, 0.717) is 32.3 Å². The van der Waals surface area contributed by atoms with Crippen LogP contribution < -0.4 is 10.5 Å². The second kappa shape index (κ2) is 5.05. The molecule has 0 radical (unpaired) electrons. The molecule has 2 N–H and O–H groups in total. The van der Waals surface area contributed by atoms with Crippen molar-refractivity contribution in [3.05, 3.63) is 51.5 Å². The van der Waals surface area contributed by atoms with Crippen LogP contribution in [0.3, 0.4) is 0 Å². The molecular weight excluding hydrogens is 280 g/mol. The zero-order valence-electron chi connectivity index (χ0n) is 8.58. The summed E-state index contributed by atoms with van der Waals surface area (Å²) in [6.45, 7) is 0. The molecule has 2 rings (SSSR count). The Morgan fingerprint density at radius 1 is 0.882 bits per heavy atom. The highest BCUT2D eigenvalue weighted by Crippen LogP contribution is 2.35. The maximum absolute atomic E-state index is 5.89. The first-order chi connectivity index (χ1) is 8.06. The fourth-order valence-corrected chi connectivity index (χ4v) is 1.71. The van der Waals surface area contributed by atoms with E-state index >= 15 is 0 Å². The summed E-state index contributed by atoms with van der Waals surface area (Å²) in [5, 5.41) is 1.43. The minimum Gasteiger partial charge on any atom is -0.455 e. The highest BCUT2D eigenvalue weighted by molar-refractivity contribution is 6.42. The van der Waals surface area contributed by atoms with Gasteiger partial charge < -0.3 is 10.5 Å². The van der Waals surface area contributed by atoms with Crippen LogP contribution in [0.15, 0.2) is 36.4 Å². The van der Waals surface area contributed by atoms with Gasteiger partial charge in [-0.15, -0.1) is 0 Å². The third-order valence-corrected chi connectivity index (χ3v) is 3.07. The normalized spacial score (nSPS) is 10.3. The van der Waals surface area contributed by atoms with Crippen molar-refractivity contribution in [2.24, 2.45) is 0 Å². The van der Waals surface area contributed by atoms with Gasteiger partial charge in [-0.1, -0.05) is 34.8 Å². The third kappa shape index (κ3) is 2.97. The van der Waals surface area contributed by atoms with Crippen molar-refractivity contribution in [2.45, 2.75) is 0 Å². The molecule has 2 aromatic rings. The molecule has 17 heavy (non-hydrogen) atoms. The van der Waals surface area contributed by atoms with Gasteiger partial charge in [-0.05, 0) is 30.3 Å². The third-order valence-electron chi connectivity index (χ3n) is 2.09. The van der Waals surface area contributed by atoms with Crippen LogP contribution in [0.5, 0.6) is 11.5 Å². The van der Waals surface area contributed by atoms with E-state index in [1.807, 2.05) is 0 Å². The predicted molar refractivity (Wildman–Crippen MR) is 72.4 cm³/mol. The molecule has 0 aliphatic carbocycles. The molecule has 0 bridgehead atoms. The lowest BCUT2D eigenvalue weighted by Gasteiger charge is -2.09. The number of benzene rings is 2. The van der Waals surface area contributed by atoms with Gasteiger partial charge >= 0.3 is 0 Å². The number of nitrogens with two attached hydrogens (primary N) is 1. The van der Waals surface area contributed by atoms with Gasteiger partial charge in [-0.3, -0.25) is 0 Å². The molecule has 0 fully saturated rings. The van der Waals surface area contributed by atoms with E-state index in [4.69, 9.17) is 45.3 Å². The van der Waals surface area contributed by atoms with Gasteiger partial charge in [0.05, 0.1) is 15.7 Å². The predicted octanol–water partition coefficient (Wildman–Crippen LogP) is 5.02. The molecule has 5 heteroatoms. The average Bonchev–Trinajstić information content (AvgIpc) is 2.29. The Morgan fingerprint density at radius 3 is 2.12 bits per heavy atom. The van der Waals surface area contributed by atoms with E-state index in [1.165, 1.54) is 0 Å². The number of hydrogen-bond acceptors (Lipinski definition) is 2. The van der Waals surface area contributed by atoms with E-state index in [2.05, 4.69) is 0 Å². The SMILES string of the molecule is Nc1cc(Cl)c(Cl)cc1Oc1ccc(Cl)cc1. The smallest absolute Gasteiger partial charge is 0.151 e. The zero-order valence-corrected chi connectivity index (χ0v) is 10.9. The minimum atomic E-state index is 0.393. The first-order valence-corrected chi connectivity index (χ1v) is 5.87. The quantitative estimate of drug-likeness (QED) is 0.787. The molecule has 0 atom stereocenters. The standard InChI is InChI=1S/C12H8Cl3NO/c13-7-1-3-8(4-2-7)17-12-6-10(15)9(14)5-11(12)16/h1-6H,16H2. The maximum Gasteiger partial charge on any atom is 0.151 e. The number of halogens is 3. The Bertz CT molecular complexity index is 540. The van der Waals surface area contributed by atoms with Crippen LogP contribution in [-0.4, -0.2) is 0 Å². The lowest BCUT2D eigenvalue weighted by Crippen LogP contribution is -1.92. The molecule has 2 nitrogen and oxygen atoms in total. The van der Waals surface area contributed by atoms with Crippen molar-refractivity contribution in [1.82, 2.24) is 0 Å². The molecule has 0 saturated carbocycles. The number of ether oxygens (including phenoxy) is 1. The summed E-state index contributed by atoms with van der Waals surface area (Å²) in [4.78, 5) is 0. The molecule has 0 spiro atoms.